The summed E-state index contributed by atoms with van der Waals surface area (Å²) in [7, 11) is 1.35. The number of halogens is 4. The van der Waals surface area contributed by atoms with E-state index in [0.29, 0.717) is 5.75 Å². The van der Waals surface area contributed by atoms with E-state index in [1.165, 1.54) is 19.2 Å². The van der Waals surface area contributed by atoms with Crippen LogP contribution in [0.1, 0.15) is 11.1 Å². The maximum absolute atomic E-state index is 13.2. The predicted molar refractivity (Wildman–Crippen MR) is 45.5 cm³/mol. The Kier molecular flexibility index (Phi) is 1.96. The Morgan fingerprint density at radius 3 is 2.47 bits per heavy atom. The van der Waals surface area contributed by atoms with E-state index in [9.17, 15) is 17.6 Å². The molecule has 0 bridgehead atoms. The van der Waals surface area contributed by atoms with Gasteiger partial charge in [0.15, 0.2) is 0 Å². The number of fused-ring (bicyclic) bond motifs is 1. The summed E-state index contributed by atoms with van der Waals surface area (Å²) in [4.78, 5) is 0. The zero-order chi connectivity index (χ0) is 11.3. The van der Waals surface area contributed by atoms with Crippen molar-refractivity contribution in [3.05, 3.63) is 29.3 Å². The van der Waals surface area contributed by atoms with Crippen molar-refractivity contribution in [2.24, 2.45) is 0 Å². The first kappa shape index (κ1) is 10.3. The largest absolute Gasteiger partial charge is 0.497 e. The highest BCUT2D eigenvalue weighted by Crippen LogP contribution is 2.52. The van der Waals surface area contributed by atoms with Gasteiger partial charge in [0.05, 0.1) is 7.11 Å². The molecule has 0 heterocycles. The summed E-state index contributed by atoms with van der Waals surface area (Å²) < 4.78 is 57.0. The zero-order valence-corrected chi connectivity index (χ0v) is 7.86. The molecule has 1 aromatic carbocycles. The molecule has 1 aliphatic carbocycles. The van der Waals surface area contributed by atoms with Gasteiger partial charge in [-0.1, -0.05) is 0 Å². The van der Waals surface area contributed by atoms with Crippen molar-refractivity contribution >= 4 is 0 Å². The number of hydrogen-bond donors (Lipinski definition) is 0. The summed E-state index contributed by atoms with van der Waals surface area (Å²) in [5.74, 6) is -7.77. The highest BCUT2D eigenvalue weighted by molar-refractivity contribution is 5.44. The van der Waals surface area contributed by atoms with E-state index in [0.717, 1.165) is 6.07 Å². The topological polar surface area (TPSA) is 9.23 Å². The molecule has 0 amide bonds. The third kappa shape index (κ3) is 1.29. The normalized spacial score (nSPS) is 21.1. The molecule has 0 aliphatic heterocycles. The van der Waals surface area contributed by atoms with Gasteiger partial charge in [0, 0.05) is 12.0 Å². The molecule has 0 spiro atoms. The molecule has 0 atom stereocenters. The smallest absolute Gasteiger partial charge is 0.335 e. The van der Waals surface area contributed by atoms with E-state index in [1.54, 1.807) is 0 Å². The second kappa shape index (κ2) is 2.87. The average Bonchev–Trinajstić information content (AvgIpc) is 2.33. The van der Waals surface area contributed by atoms with Gasteiger partial charge >= 0.3 is 11.8 Å². The fraction of sp³-hybridized carbons (Fsp3) is 0.400. The summed E-state index contributed by atoms with van der Waals surface area (Å²) in [6.07, 6.45) is -0.938. The first-order valence-corrected chi connectivity index (χ1v) is 4.31. The molecule has 5 heteroatoms. The molecule has 0 saturated carbocycles. The lowest BCUT2D eigenvalue weighted by Gasteiger charge is -2.18. The van der Waals surface area contributed by atoms with Gasteiger partial charge in [0.25, 0.3) is 0 Å². The van der Waals surface area contributed by atoms with Gasteiger partial charge in [-0.05, 0) is 23.8 Å². The molecule has 1 aliphatic rings. The Labute approximate surface area is 83.7 Å². The molecule has 82 valence electrons. The highest BCUT2D eigenvalue weighted by Gasteiger charge is 2.62. The Morgan fingerprint density at radius 1 is 1.20 bits per heavy atom. The summed E-state index contributed by atoms with van der Waals surface area (Å²) >= 11 is 0. The molecule has 1 nitrogen and oxygen atoms in total. The first-order valence-electron chi connectivity index (χ1n) is 4.31. The monoisotopic (exact) mass is 220 g/mol. The van der Waals surface area contributed by atoms with Crippen molar-refractivity contribution < 1.29 is 22.3 Å². The number of hydrogen-bond acceptors (Lipinski definition) is 1. The van der Waals surface area contributed by atoms with Gasteiger partial charge in [-0.3, -0.25) is 0 Å². The van der Waals surface area contributed by atoms with Crippen LogP contribution in [0.5, 0.6) is 5.75 Å². The second-order valence-electron chi connectivity index (χ2n) is 3.48. The van der Waals surface area contributed by atoms with Gasteiger partial charge in [-0.2, -0.15) is 17.6 Å². The Hall–Kier alpha value is -1.26. The number of benzene rings is 1. The van der Waals surface area contributed by atoms with Gasteiger partial charge in [0.1, 0.15) is 5.75 Å². The fourth-order valence-electron chi connectivity index (χ4n) is 1.70. The summed E-state index contributed by atoms with van der Waals surface area (Å²) in [6, 6.07) is 3.48. The van der Waals surface area contributed by atoms with Crippen LogP contribution >= 0.6 is 0 Å². The van der Waals surface area contributed by atoms with E-state index in [4.69, 9.17) is 4.74 Å². The van der Waals surface area contributed by atoms with Crippen molar-refractivity contribution in [2.45, 2.75) is 18.3 Å². The standard InChI is InChI=1S/C10H8F4O/c1-15-7-2-3-8-6(4-7)5-9(11,12)10(8,13)14/h2-4H,5H2,1H3. The zero-order valence-electron chi connectivity index (χ0n) is 7.86. The Bertz CT molecular complexity index is 400. The molecule has 0 aromatic heterocycles. The van der Waals surface area contributed by atoms with Gasteiger partial charge in [0.2, 0.25) is 0 Å². The maximum atomic E-state index is 13.2. The maximum Gasteiger partial charge on any atom is 0.335 e. The Balaban J connectivity index is 2.54. The molecule has 0 unspecified atom stereocenters. The van der Waals surface area contributed by atoms with Crippen molar-refractivity contribution in [3.63, 3.8) is 0 Å². The second-order valence-corrected chi connectivity index (χ2v) is 3.48. The molecule has 2 rings (SSSR count). The van der Waals surface area contributed by atoms with Crippen LogP contribution in [-0.2, 0) is 12.3 Å². The fourth-order valence-corrected chi connectivity index (χ4v) is 1.70. The lowest BCUT2D eigenvalue weighted by atomic mass is 10.1. The molecule has 15 heavy (non-hydrogen) atoms. The lowest BCUT2D eigenvalue weighted by Crippen LogP contribution is -2.33. The van der Waals surface area contributed by atoms with Crippen LogP contribution in [0.3, 0.4) is 0 Å². The molecule has 1 aromatic rings. The molecule has 0 radical (unpaired) electrons. The predicted octanol–water partition coefficient (Wildman–Crippen LogP) is 2.98. The molecular formula is C10H8F4O. The molecule has 0 fully saturated rings. The van der Waals surface area contributed by atoms with Crippen LogP contribution in [-0.4, -0.2) is 13.0 Å². The summed E-state index contributed by atoms with van der Waals surface area (Å²) in [5.41, 5.74) is -0.655. The van der Waals surface area contributed by atoms with Crippen molar-refractivity contribution in [2.75, 3.05) is 7.11 Å². The van der Waals surface area contributed by atoms with Gasteiger partial charge in [-0.25, -0.2) is 0 Å². The van der Waals surface area contributed by atoms with Gasteiger partial charge < -0.3 is 4.74 Å². The van der Waals surface area contributed by atoms with Crippen LogP contribution in [0.15, 0.2) is 18.2 Å². The Morgan fingerprint density at radius 2 is 1.87 bits per heavy atom. The SMILES string of the molecule is COc1ccc2c(c1)CC(F)(F)C2(F)F. The van der Waals surface area contributed by atoms with Crippen molar-refractivity contribution in [1.82, 2.24) is 0 Å². The van der Waals surface area contributed by atoms with Crippen LogP contribution in [0.25, 0.3) is 0 Å². The van der Waals surface area contributed by atoms with E-state index in [2.05, 4.69) is 0 Å². The minimum atomic E-state index is -4.07. The first-order chi connectivity index (χ1) is 6.88. The number of methoxy groups -OCH3 is 1. The van der Waals surface area contributed by atoms with Crippen LogP contribution in [0.4, 0.5) is 17.6 Å². The average molecular weight is 220 g/mol. The number of ether oxygens (including phenoxy) is 1. The van der Waals surface area contributed by atoms with E-state index in [1.807, 2.05) is 0 Å². The summed E-state index contributed by atoms with van der Waals surface area (Å²) in [6.45, 7) is 0. The van der Waals surface area contributed by atoms with Crippen molar-refractivity contribution in [3.8, 4) is 5.75 Å². The van der Waals surface area contributed by atoms with Crippen LogP contribution < -0.4 is 4.74 Å². The molecule has 0 N–H and O–H groups in total. The number of alkyl halides is 4. The third-order valence-corrected chi connectivity index (χ3v) is 2.52. The molecule has 0 saturated heterocycles. The lowest BCUT2D eigenvalue weighted by molar-refractivity contribution is -0.202. The van der Waals surface area contributed by atoms with Crippen LogP contribution in [0, 0.1) is 0 Å². The highest BCUT2D eigenvalue weighted by atomic mass is 19.3. The van der Waals surface area contributed by atoms with E-state index >= 15 is 0 Å². The summed E-state index contributed by atoms with van der Waals surface area (Å²) in [5, 5.41) is 0. The minimum Gasteiger partial charge on any atom is -0.497 e. The number of rotatable bonds is 1. The van der Waals surface area contributed by atoms with Gasteiger partial charge in [-0.15, -0.1) is 0 Å². The quantitative estimate of drug-likeness (QED) is 0.661. The molecular weight excluding hydrogens is 212 g/mol. The van der Waals surface area contributed by atoms with Crippen molar-refractivity contribution in [1.29, 1.82) is 0 Å². The van der Waals surface area contributed by atoms with Crippen LogP contribution in [0.2, 0.25) is 0 Å². The minimum absolute atomic E-state index is 0.0515. The third-order valence-electron chi connectivity index (χ3n) is 2.52. The van der Waals surface area contributed by atoms with E-state index < -0.39 is 23.8 Å². The van der Waals surface area contributed by atoms with E-state index in [-0.39, 0.29) is 5.56 Å².